The van der Waals surface area contributed by atoms with E-state index in [1.54, 1.807) is 6.07 Å². The number of likely N-dealkylation sites (tertiary alicyclic amines) is 1. The molecule has 3 rings (SSSR count). The number of rotatable bonds is 4. The molecule has 1 aliphatic heterocycles. The van der Waals surface area contributed by atoms with Crippen LogP contribution in [0.3, 0.4) is 0 Å². The summed E-state index contributed by atoms with van der Waals surface area (Å²) in [6.07, 6.45) is 3.79. The molecule has 1 aliphatic carbocycles. The third-order valence-electron chi connectivity index (χ3n) is 4.34. The number of likely N-dealkylation sites (N-methyl/N-ethyl adjacent to an activating group) is 1. The van der Waals surface area contributed by atoms with Crippen LogP contribution in [0.2, 0.25) is 0 Å². The topological polar surface area (TPSA) is 15.3 Å². The SMILES string of the molecule is CCN1CC(NC2CC2)CC(c2cccc(F)c2)C1. The van der Waals surface area contributed by atoms with Crippen molar-refractivity contribution < 1.29 is 4.39 Å². The summed E-state index contributed by atoms with van der Waals surface area (Å²) in [4.78, 5) is 2.49. The quantitative estimate of drug-likeness (QED) is 0.897. The fourth-order valence-electron chi connectivity index (χ4n) is 3.15. The first-order valence-electron chi connectivity index (χ1n) is 7.48. The summed E-state index contributed by atoms with van der Waals surface area (Å²) in [6, 6.07) is 8.45. The summed E-state index contributed by atoms with van der Waals surface area (Å²) in [5, 5.41) is 3.74. The Kier molecular flexibility index (Phi) is 3.85. The summed E-state index contributed by atoms with van der Waals surface area (Å²) in [5.41, 5.74) is 1.15. The molecule has 1 aromatic rings. The van der Waals surface area contributed by atoms with Crippen molar-refractivity contribution >= 4 is 0 Å². The largest absolute Gasteiger partial charge is 0.310 e. The van der Waals surface area contributed by atoms with E-state index in [2.05, 4.69) is 23.2 Å². The minimum Gasteiger partial charge on any atom is -0.310 e. The lowest BCUT2D eigenvalue weighted by atomic mass is 9.88. The Balaban J connectivity index is 1.71. The maximum atomic E-state index is 13.4. The lowest BCUT2D eigenvalue weighted by Crippen LogP contribution is -2.49. The molecule has 19 heavy (non-hydrogen) atoms. The fraction of sp³-hybridized carbons (Fsp3) is 0.625. The van der Waals surface area contributed by atoms with Gasteiger partial charge in [0.1, 0.15) is 5.82 Å². The maximum Gasteiger partial charge on any atom is 0.123 e. The van der Waals surface area contributed by atoms with Gasteiger partial charge in [0.25, 0.3) is 0 Å². The highest BCUT2D eigenvalue weighted by molar-refractivity contribution is 5.22. The maximum absolute atomic E-state index is 13.4. The van der Waals surface area contributed by atoms with Crippen molar-refractivity contribution in [2.45, 2.75) is 44.2 Å². The molecule has 1 heterocycles. The average Bonchev–Trinajstić information content (AvgIpc) is 3.22. The van der Waals surface area contributed by atoms with Crippen LogP contribution in [-0.4, -0.2) is 36.6 Å². The van der Waals surface area contributed by atoms with E-state index in [9.17, 15) is 4.39 Å². The first-order chi connectivity index (χ1) is 9.24. The second-order valence-electron chi connectivity index (χ2n) is 5.98. The third-order valence-corrected chi connectivity index (χ3v) is 4.34. The number of halogens is 1. The number of benzene rings is 1. The van der Waals surface area contributed by atoms with Gasteiger partial charge >= 0.3 is 0 Å². The normalized spacial score (nSPS) is 28.5. The van der Waals surface area contributed by atoms with Crippen molar-refractivity contribution in [1.29, 1.82) is 0 Å². The zero-order chi connectivity index (χ0) is 13.2. The van der Waals surface area contributed by atoms with E-state index in [1.165, 1.54) is 18.9 Å². The number of nitrogens with one attached hydrogen (secondary N) is 1. The predicted molar refractivity (Wildman–Crippen MR) is 75.8 cm³/mol. The van der Waals surface area contributed by atoms with Crippen LogP contribution >= 0.6 is 0 Å². The summed E-state index contributed by atoms with van der Waals surface area (Å²) in [7, 11) is 0. The molecule has 1 saturated carbocycles. The first kappa shape index (κ1) is 13.1. The molecule has 0 spiro atoms. The van der Waals surface area contributed by atoms with Gasteiger partial charge in [-0.2, -0.15) is 0 Å². The zero-order valence-electron chi connectivity index (χ0n) is 11.6. The lowest BCUT2D eigenvalue weighted by molar-refractivity contribution is 0.178. The van der Waals surface area contributed by atoms with Gasteiger partial charge in [-0.25, -0.2) is 4.39 Å². The van der Waals surface area contributed by atoms with Crippen LogP contribution in [0.1, 0.15) is 37.7 Å². The van der Waals surface area contributed by atoms with Gasteiger partial charge in [-0.3, -0.25) is 0 Å². The Bertz CT molecular complexity index is 431. The van der Waals surface area contributed by atoms with Crippen molar-refractivity contribution in [2.24, 2.45) is 0 Å². The Morgan fingerprint density at radius 3 is 2.79 bits per heavy atom. The van der Waals surface area contributed by atoms with E-state index in [0.717, 1.165) is 37.7 Å². The molecule has 1 N–H and O–H groups in total. The highest BCUT2D eigenvalue weighted by Gasteiger charge is 2.31. The van der Waals surface area contributed by atoms with Crippen molar-refractivity contribution in [3.63, 3.8) is 0 Å². The van der Waals surface area contributed by atoms with Crippen molar-refractivity contribution in [1.82, 2.24) is 10.2 Å². The average molecular weight is 262 g/mol. The van der Waals surface area contributed by atoms with E-state index < -0.39 is 0 Å². The summed E-state index contributed by atoms with van der Waals surface area (Å²) in [6.45, 7) is 5.48. The lowest BCUT2D eigenvalue weighted by Gasteiger charge is -2.38. The van der Waals surface area contributed by atoms with Crippen LogP contribution in [0.15, 0.2) is 24.3 Å². The van der Waals surface area contributed by atoms with E-state index in [1.807, 2.05) is 6.07 Å². The van der Waals surface area contributed by atoms with Gasteiger partial charge < -0.3 is 10.2 Å². The molecule has 2 unspecified atom stereocenters. The molecule has 0 aromatic heterocycles. The zero-order valence-corrected chi connectivity index (χ0v) is 11.6. The summed E-state index contributed by atoms with van der Waals surface area (Å²) >= 11 is 0. The van der Waals surface area contributed by atoms with E-state index >= 15 is 0 Å². The molecule has 2 fully saturated rings. The molecule has 2 atom stereocenters. The van der Waals surface area contributed by atoms with Gasteiger partial charge in [-0.1, -0.05) is 19.1 Å². The molecule has 0 bridgehead atoms. The van der Waals surface area contributed by atoms with Crippen molar-refractivity contribution in [2.75, 3.05) is 19.6 Å². The molecular weight excluding hydrogens is 239 g/mol. The molecule has 2 aliphatic rings. The van der Waals surface area contributed by atoms with Gasteiger partial charge in [-0.15, -0.1) is 0 Å². The highest BCUT2D eigenvalue weighted by Crippen LogP contribution is 2.29. The molecule has 3 heteroatoms. The van der Waals surface area contributed by atoms with Gasteiger partial charge in [0, 0.05) is 25.2 Å². The highest BCUT2D eigenvalue weighted by atomic mass is 19.1. The second kappa shape index (κ2) is 5.59. The Morgan fingerprint density at radius 2 is 2.11 bits per heavy atom. The predicted octanol–water partition coefficient (Wildman–Crippen LogP) is 2.76. The molecule has 104 valence electrons. The van der Waals surface area contributed by atoms with Crippen molar-refractivity contribution in [3.8, 4) is 0 Å². The van der Waals surface area contributed by atoms with E-state index in [-0.39, 0.29) is 5.82 Å². The van der Waals surface area contributed by atoms with Crippen molar-refractivity contribution in [3.05, 3.63) is 35.6 Å². The van der Waals surface area contributed by atoms with Crippen LogP contribution in [-0.2, 0) is 0 Å². The van der Waals surface area contributed by atoms with Gasteiger partial charge in [-0.05, 0) is 49.4 Å². The number of hydrogen-bond acceptors (Lipinski definition) is 2. The molecule has 1 aromatic carbocycles. The third kappa shape index (κ3) is 3.34. The monoisotopic (exact) mass is 262 g/mol. The second-order valence-corrected chi connectivity index (χ2v) is 5.98. The summed E-state index contributed by atoms with van der Waals surface area (Å²) < 4.78 is 13.4. The van der Waals surface area contributed by atoms with Gasteiger partial charge in [0.05, 0.1) is 0 Å². The summed E-state index contributed by atoms with van der Waals surface area (Å²) in [5.74, 6) is 0.346. The fourth-order valence-corrected chi connectivity index (χ4v) is 3.15. The Hall–Kier alpha value is -0.930. The first-order valence-corrected chi connectivity index (χ1v) is 7.48. The van der Waals surface area contributed by atoms with Gasteiger partial charge in [0.2, 0.25) is 0 Å². The van der Waals surface area contributed by atoms with E-state index in [0.29, 0.717) is 12.0 Å². The van der Waals surface area contributed by atoms with Crippen LogP contribution < -0.4 is 5.32 Å². The molecule has 1 saturated heterocycles. The molecule has 0 amide bonds. The Labute approximate surface area is 115 Å². The van der Waals surface area contributed by atoms with E-state index in [4.69, 9.17) is 0 Å². The minimum absolute atomic E-state index is 0.113. The van der Waals surface area contributed by atoms with Crippen LogP contribution in [0.5, 0.6) is 0 Å². The smallest absolute Gasteiger partial charge is 0.123 e. The minimum atomic E-state index is -0.113. The number of piperidine rings is 1. The molecular formula is C16H23FN2. The number of nitrogens with zero attached hydrogens (tertiary/aromatic N) is 1. The molecule has 0 radical (unpaired) electrons. The van der Waals surface area contributed by atoms with Gasteiger partial charge in [0.15, 0.2) is 0 Å². The standard InChI is InChI=1S/C16H23FN2/c1-2-19-10-13(12-4-3-5-14(17)8-12)9-16(11-19)18-15-6-7-15/h3-5,8,13,15-16,18H,2,6-7,9-11H2,1H3. The molecule has 2 nitrogen and oxygen atoms in total. The van der Waals surface area contributed by atoms with Crippen LogP contribution in [0.4, 0.5) is 4.39 Å². The number of hydrogen-bond donors (Lipinski definition) is 1. The Morgan fingerprint density at radius 1 is 1.26 bits per heavy atom. The van der Waals surface area contributed by atoms with Crippen LogP contribution in [0.25, 0.3) is 0 Å². The van der Waals surface area contributed by atoms with Crippen LogP contribution in [0, 0.1) is 5.82 Å².